The summed E-state index contributed by atoms with van der Waals surface area (Å²) >= 11 is 0. The number of hydrogen-bond donors (Lipinski definition) is 4. The Kier molecular flexibility index (Phi) is 11.9. The van der Waals surface area contributed by atoms with Crippen LogP contribution in [0.1, 0.15) is 102 Å². The minimum absolute atomic E-state index is 0. The lowest BCUT2D eigenvalue weighted by Crippen LogP contribution is -2.54. The van der Waals surface area contributed by atoms with Gasteiger partial charge in [0.05, 0.1) is 50.1 Å². The summed E-state index contributed by atoms with van der Waals surface area (Å²) in [5, 5.41) is 5.48. The summed E-state index contributed by atoms with van der Waals surface area (Å²) in [6.45, 7) is 8.29. The second-order valence-corrected chi connectivity index (χ2v) is 16.9. The molecule has 2 aliphatic heterocycles. The lowest BCUT2D eigenvalue weighted by atomic mass is 9.83. The minimum Gasteiger partial charge on any atom is -0.453 e. The Morgan fingerprint density at radius 2 is 1.29 bits per heavy atom. The first-order valence-corrected chi connectivity index (χ1v) is 20.6. The summed E-state index contributed by atoms with van der Waals surface area (Å²) in [4.78, 5) is 72.3. The Hall–Kier alpha value is -5.66. The van der Waals surface area contributed by atoms with E-state index in [4.69, 9.17) is 19.4 Å². The highest BCUT2D eigenvalue weighted by Crippen LogP contribution is 2.50. The summed E-state index contributed by atoms with van der Waals surface area (Å²) in [6, 6.07) is 11.5. The third-order valence-electron chi connectivity index (χ3n) is 12.7. The average molecular weight is 807 g/mol. The zero-order chi connectivity index (χ0) is 40.8. The monoisotopic (exact) mass is 806 g/mol. The molecule has 3 fully saturated rings. The molecule has 14 heteroatoms. The predicted molar refractivity (Wildman–Crippen MR) is 224 cm³/mol. The highest BCUT2D eigenvalue weighted by atomic mass is 16.5. The number of aromatic amines is 2. The van der Waals surface area contributed by atoms with E-state index < -0.39 is 24.3 Å². The molecule has 0 radical (unpaired) electrons. The number of hydrogen-bond acceptors (Lipinski definition) is 8. The van der Waals surface area contributed by atoms with Gasteiger partial charge in [-0.25, -0.2) is 19.6 Å². The van der Waals surface area contributed by atoms with E-state index in [-0.39, 0.29) is 49.2 Å². The Labute approximate surface area is 346 Å². The molecule has 4 amide bonds. The number of likely N-dealkylation sites (tertiary alicyclic amines) is 2. The Balaban J connectivity index is 0.00000528. The second-order valence-electron chi connectivity index (χ2n) is 16.9. The first kappa shape index (κ1) is 41.5. The molecule has 8 rings (SSSR count). The number of methoxy groups -OCH3 is 2. The van der Waals surface area contributed by atoms with E-state index in [1.54, 1.807) is 0 Å². The first-order valence-electron chi connectivity index (χ1n) is 20.6. The fourth-order valence-electron chi connectivity index (χ4n) is 9.73. The van der Waals surface area contributed by atoms with Crippen molar-refractivity contribution in [2.24, 2.45) is 17.8 Å². The molecule has 14 nitrogen and oxygen atoms in total. The van der Waals surface area contributed by atoms with Crippen molar-refractivity contribution in [3.05, 3.63) is 71.6 Å². The maximum atomic E-state index is 14.0. The third-order valence-corrected chi connectivity index (χ3v) is 12.7. The molecule has 6 atom stereocenters. The Morgan fingerprint density at radius 3 is 1.85 bits per heavy atom. The molecule has 2 aliphatic carbocycles. The standard InChI is InChI=1S/C44H54N8O6.CH4/c1-23(2)36(49-43(55)57-5)41(53)51-17-7-8-35(51)39-45-21-33(47-39)27-12-15-31-25(18-27)9-10-26-19-28(13-16-32(26)31)34-22-46-40(48-34)38-29-11-14-30(20-29)52(38)42(54)37(24(3)4)50-44(56)58-6;/h12-13,15-16,18-19,21-24,29-30,35-38H,7-11,14,17,20H2,1-6H3,(H,45,47)(H,46,48)(H,49,55)(H,50,56);1H4/t29-,30+,35-,36-,37-,38-;/m0./s1. The fourth-order valence-corrected chi connectivity index (χ4v) is 9.73. The number of piperidine rings is 1. The molecule has 4 N–H and O–H groups in total. The number of aromatic nitrogens is 4. The van der Waals surface area contributed by atoms with E-state index >= 15 is 0 Å². The van der Waals surface area contributed by atoms with Gasteiger partial charge in [0.15, 0.2) is 0 Å². The van der Waals surface area contributed by atoms with Gasteiger partial charge < -0.3 is 39.9 Å². The number of imidazole rings is 2. The van der Waals surface area contributed by atoms with Crippen LogP contribution >= 0.6 is 0 Å². The average Bonchev–Trinajstić information content (AvgIpc) is 4.09. The number of benzene rings is 2. The van der Waals surface area contributed by atoms with Crippen molar-refractivity contribution < 1.29 is 28.7 Å². The van der Waals surface area contributed by atoms with Crippen LogP contribution in [0.2, 0.25) is 0 Å². The minimum atomic E-state index is -0.684. The molecule has 2 saturated heterocycles. The highest BCUT2D eigenvalue weighted by molar-refractivity contribution is 5.87. The predicted octanol–water partition coefficient (Wildman–Crippen LogP) is 7.35. The maximum Gasteiger partial charge on any atom is 0.407 e. The summed E-state index contributed by atoms with van der Waals surface area (Å²) < 4.78 is 9.61. The van der Waals surface area contributed by atoms with Crippen LogP contribution in [-0.4, -0.2) is 92.6 Å². The summed E-state index contributed by atoms with van der Waals surface area (Å²) in [5.74, 6) is 1.43. The molecule has 0 spiro atoms. The van der Waals surface area contributed by atoms with Gasteiger partial charge in [0, 0.05) is 12.6 Å². The fraction of sp³-hybridized carbons (Fsp3) is 0.511. The Morgan fingerprint density at radius 1 is 0.746 bits per heavy atom. The molecule has 1 saturated carbocycles. The molecule has 4 aliphatic rings. The number of alkyl carbamates (subject to hydrolysis) is 2. The lowest BCUT2D eigenvalue weighted by Gasteiger charge is -2.37. The number of carbonyl (C=O) groups is 4. The summed E-state index contributed by atoms with van der Waals surface area (Å²) in [7, 11) is 2.61. The third kappa shape index (κ3) is 7.81. The highest BCUT2D eigenvalue weighted by Gasteiger charge is 2.51. The van der Waals surface area contributed by atoms with Gasteiger partial charge in [0.1, 0.15) is 23.7 Å². The van der Waals surface area contributed by atoms with Crippen LogP contribution in [0.25, 0.3) is 33.6 Å². The normalized spacial score (nSPS) is 21.4. The van der Waals surface area contributed by atoms with Crippen molar-refractivity contribution >= 4 is 24.0 Å². The van der Waals surface area contributed by atoms with Crippen molar-refractivity contribution in [3.63, 3.8) is 0 Å². The van der Waals surface area contributed by atoms with E-state index in [0.717, 1.165) is 79.1 Å². The van der Waals surface area contributed by atoms with Crippen molar-refractivity contribution in [2.45, 2.75) is 110 Å². The van der Waals surface area contributed by atoms with Crippen molar-refractivity contribution in [1.29, 1.82) is 0 Å². The van der Waals surface area contributed by atoms with Gasteiger partial charge in [-0.15, -0.1) is 0 Å². The number of amides is 4. The van der Waals surface area contributed by atoms with Crippen molar-refractivity contribution in [3.8, 4) is 33.6 Å². The zero-order valence-electron chi connectivity index (χ0n) is 34.1. The van der Waals surface area contributed by atoms with Gasteiger partial charge in [0.2, 0.25) is 11.8 Å². The second kappa shape index (κ2) is 16.9. The molecule has 4 heterocycles. The topological polar surface area (TPSA) is 175 Å². The molecule has 4 aromatic rings. The number of nitrogens with zero attached hydrogens (tertiary/aromatic N) is 4. The van der Waals surface area contributed by atoms with Gasteiger partial charge in [-0.2, -0.15) is 0 Å². The van der Waals surface area contributed by atoms with Gasteiger partial charge in [-0.3, -0.25) is 9.59 Å². The van der Waals surface area contributed by atoms with E-state index in [2.05, 4.69) is 57.0 Å². The number of rotatable bonds is 10. The molecule has 2 bridgehead atoms. The number of H-pyrrole nitrogens is 2. The first-order chi connectivity index (χ1) is 27.9. The molecule has 2 aromatic carbocycles. The maximum absolute atomic E-state index is 14.0. The Bertz CT molecular complexity index is 2210. The van der Waals surface area contributed by atoms with Gasteiger partial charge >= 0.3 is 12.2 Å². The van der Waals surface area contributed by atoms with E-state index in [1.807, 2.05) is 49.9 Å². The van der Waals surface area contributed by atoms with Crippen molar-refractivity contribution in [1.82, 2.24) is 40.4 Å². The van der Waals surface area contributed by atoms with Gasteiger partial charge in [0.25, 0.3) is 0 Å². The van der Waals surface area contributed by atoms with Gasteiger partial charge in [-0.05, 0) is 108 Å². The molecule has 314 valence electrons. The van der Waals surface area contributed by atoms with E-state index in [1.165, 1.54) is 36.5 Å². The molecule has 59 heavy (non-hydrogen) atoms. The summed E-state index contributed by atoms with van der Waals surface area (Å²) in [5.41, 5.74) is 8.88. The summed E-state index contributed by atoms with van der Waals surface area (Å²) in [6.07, 6.45) is 8.87. The van der Waals surface area contributed by atoms with Crippen LogP contribution in [0.15, 0.2) is 48.8 Å². The largest absolute Gasteiger partial charge is 0.453 e. The van der Waals surface area contributed by atoms with E-state index in [9.17, 15) is 19.2 Å². The molecular weight excluding hydrogens is 749 g/mol. The van der Waals surface area contributed by atoms with Crippen LogP contribution in [0.4, 0.5) is 9.59 Å². The number of ether oxygens (including phenoxy) is 2. The number of carbonyl (C=O) groups excluding carboxylic acids is 4. The lowest BCUT2D eigenvalue weighted by molar-refractivity contribution is -0.139. The quantitative estimate of drug-likeness (QED) is 0.129. The molecular formula is C45H58N8O6. The van der Waals surface area contributed by atoms with Crippen LogP contribution in [0.5, 0.6) is 0 Å². The van der Waals surface area contributed by atoms with Crippen LogP contribution < -0.4 is 10.6 Å². The number of fused-ring (bicyclic) bond motifs is 5. The van der Waals surface area contributed by atoms with E-state index in [0.29, 0.717) is 12.5 Å². The van der Waals surface area contributed by atoms with Crippen LogP contribution in [0, 0.1) is 17.8 Å². The number of aryl methyl sites for hydroxylation is 2. The SMILES string of the molecule is C.COC(=O)N[C@H](C(=O)N1CCC[C@H]1c1ncc(-c2ccc3c(c2)CCc2cc(-c4cnc([C@@H]5[C@H]6CC[C@H](C6)N5C(=O)[C@@H](NC(=O)OC)C(C)C)[nH]4)ccc2-3)[nH]1)C(C)C. The van der Waals surface area contributed by atoms with Gasteiger partial charge in [-0.1, -0.05) is 59.4 Å². The molecule has 2 aromatic heterocycles. The molecule has 0 unspecified atom stereocenters. The van der Waals surface area contributed by atoms with Crippen LogP contribution in [0.3, 0.4) is 0 Å². The number of nitrogens with one attached hydrogen (secondary N) is 4. The zero-order valence-corrected chi connectivity index (χ0v) is 34.1. The van der Waals surface area contributed by atoms with Crippen molar-refractivity contribution in [2.75, 3.05) is 20.8 Å². The van der Waals surface area contributed by atoms with Crippen LogP contribution in [-0.2, 0) is 31.9 Å². The smallest absolute Gasteiger partial charge is 0.407 e.